The van der Waals surface area contributed by atoms with E-state index in [0.717, 1.165) is 40.9 Å². The van der Waals surface area contributed by atoms with E-state index in [1.807, 2.05) is 54.1 Å². The molecule has 3 unspecified atom stereocenters. The fourth-order valence-corrected chi connectivity index (χ4v) is 7.99. The number of nitrogens with zero attached hydrogens (tertiary/aromatic N) is 3. The molecule has 0 bridgehead atoms. The number of amides is 1. The van der Waals surface area contributed by atoms with Crippen LogP contribution in [0.5, 0.6) is 5.75 Å². The second kappa shape index (κ2) is 11.1. The van der Waals surface area contributed by atoms with Gasteiger partial charge in [0.05, 0.1) is 36.5 Å². The molecule has 0 radical (unpaired) electrons. The van der Waals surface area contributed by atoms with Crippen LogP contribution in [0.3, 0.4) is 0 Å². The fraction of sp³-hybridized carbons (Fsp3) is 0.471. The summed E-state index contributed by atoms with van der Waals surface area (Å²) in [5, 5.41) is 0.0735. The first-order valence-corrected chi connectivity index (χ1v) is 17.8. The monoisotopic (exact) mass is 589 g/mol. The highest BCUT2D eigenvalue weighted by Crippen LogP contribution is 2.49. The van der Waals surface area contributed by atoms with Gasteiger partial charge in [0, 0.05) is 17.8 Å². The van der Waals surface area contributed by atoms with Crippen LogP contribution in [-0.2, 0) is 9.22 Å². The predicted octanol–water partition coefficient (Wildman–Crippen LogP) is 8.02. The van der Waals surface area contributed by atoms with Crippen LogP contribution < -0.4 is 4.74 Å². The van der Waals surface area contributed by atoms with Crippen LogP contribution in [0.25, 0.3) is 11.8 Å². The van der Waals surface area contributed by atoms with E-state index in [2.05, 4.69) is 50.7 Å². The van der Waals surface area contributed by atoms with E-state index >= 15 is 0 Å². The molecule has 2 aliphatic rings. The molecule has 2 aliphatic heterocycles. The number of carbonyl (C=O) groups is 1. The quantitative estimate of drug-likeness (QED) is 0.216. The number of hydrogen-bond acceptors (Lipinski definition) is 4. The third-order valence-corrected chi connectivity index (χ3v) is 14.0. The van der Waals surface area contributed by atoms with Gasteiger partial charge in [-0.25, -0.2) is 9.37 Å². The van der Waals surface area contributed by atoms with Gasteiger partial charge in [0.2, 0.25) is 0 Å². The molecule has 8 heteroatoms. The maximum atomic E-state index is 14.2. The zero-order valence-electron chi connectivity index (χ0n) is 26.2. The summed E-state index contributed by atoms with van der Waals surface area (Å²) >= 11 is 0. The molecule has 2 fully saturated rings. The Bertz CT molecular complexity index is 1490. The summed E-state index contributed by atoms with van der Waals surface area (Å²) in [6.45, 7) is 15.5. The number of aryl methyl sites for hydroxylation is 1. The molecule has 3 atom stereocenters. The molecule has 2 aromatic carbocycles. The lowest BCUT2D eigenvalue weighted by Crippen LogP contribution is -2.59. The van der Waals surface area contributed by atoms with E-state index in [-0.39, 0.29) is 34.4 Å². The van der Waals surface area contributed by atoms with Gasteiger partial charge in [0.25, 0.3) is 5.91 Å². The summed E-state index contributed by atoms with van der Waals surface area (Å²) in [5.41, 5.74) is 4.08. The summed E-state index contributed by atoms with van der Waals surface area (Å²) in [5.74, 6) is 0.479. The second-order valence-corrected chi connectivity index (χ2v) is 18.4. The van der Waals surface area contributed by atoms with Gasteiger partial charge < -0.3 is 18.6 Å². The van der Waals surface area contributed by atoms with E-state index in [4.69, 9.17) is 9.16 Å². The van der Waals surface area contributed by atoms with Crippen molar-refractivity contribution in [1.82, 2.24) is 14.5 Å². The van der Waals surface area contributed by atoms with Crippen molar-refractivity contribution in [2.24, 2.45) is 0 Å². The zero-order valence-corrected chi connectivity index (χ0v) is 27.2. The highest BCUT2D eigenvalue weighted by atomic mass is 28.4. The Morgan fingerprint density at radius 3 is 2.45 bits per heavy atom. The summed E-state index contributed by atoms with van der Waals surface area (Å²) in [6.07, 6.45) is 8.73. The third-order valence-electron chi connectivity index (χ3n) is 9.37. The molecule has 3 heterocycles. The van der Waals surface area contributed by atoms with Crippen LogP contribution in [0.4, 0.5) is 4.39 Å². The molecule has 3 aromatic rings. The average molecular weight is 590 g/mol. The molecule has 42 heavy (non-hydrogen) atoms. The molecule has 0 aliphatic carbocycles. The van der Waals surface area contributed by atoms with Crippen LogP contribution in [0, 0.1) is 12.7 Å². The maximum absolute atomic E-state index is 14.2. The van der Waals surface area contributed by atoms with Crippen molar-refractivity contribution < 1.29 is 18.3 Å². The van der Waals surface area contributed by atoms with Crippen molar-refractivity contribution in [3.05, 3.63) is 83.2 Å². The van der Waals surface area contributed by atoms with Crippen molar-refractivity contribution in [2.45, 2.75) is 96.1 Å². The largest absolute Gasteiger partial charge is 0.495 e. The number of benzene rings is 2. The molecule has 1 aromatic heterocycles. The van der Waals surface area contributed by atoms with Crippen LogP contribution in [0.15, 0.2) is 60.6 Å². The number of methoxy groups -OCH3 is 1. The molecule has 224 valence electrons. The molecule has 1 amide bonds. The molecular weight excluding hydrogens is 545 g/mol. The van der Waals surface area contributed by atoms with Crippen LogP contribution >= 0.6 is 0 Å². The SMILES string of the molecule is COc1cc(/C=C2\CCC3CC(C)(O[Si](C)(C)C(C)(C)C)CC(c4ccc(F)cc4)N3C2=O)ccc1-n1cnc(C)c1. The van der Waals surface area contributed by atoms with Gasteiger partial charge in [-0.2, -0.15) is 0 Å². The van der Waals surface area contributed by atoms with E-state index in [9.17, 15) is 9.18 Å². The average Bonchev–Trinajstić information content (AvgIpc) is 3.35. The minimum absolute atomic E-state index is 0.0447. The van der Waals surface area contributed by atoms with Gasteiger partial charge in [-0.3, -0.25) is 4.79 Å². The molecule has 5 rings (SSSR count). The van der Waals surface area contributed by atoms with E-state index in [1.165, 1.54) is 12.1 Å². The summed E-state index contributed by atoms with van der Waals surface area (Å²) in [4.78, 5) is 20.6. The Morgan fingerprint density at radius 1 is 1.12 bits per heavy atom. The first kappa shape index (κ1) is 30.2. The van der Waals surface area contributed by atoms with E-state index in [0.29, 0.717) is 18.6 Å². The Labute approximate surface area is 250 Å². The third kappa shape index (κ3) is 5.97. The highest BCUT2D eigenvalue weighted by Gasteiger charge is 2.51. The number of rotatable bonds is 6. The molecular formula is C34H44FN3O3Si. The van der Waals surface area contributed by atoms with E-state index in [1.54, 1.807) is 13.4 Å². The molecule has 2 saturated heterocycles. The normalized spacial score (nSPS) is 24.2. The molecule has 0 saturated carbocycles. The maximum Gasteiger partial charge on any atom is 0.250 e. The first-order valence-electron chi connectivity index (χ1n) is 14.9. The number of ether oxygens (including phenoxy) is 1. The lowest BCUT2D eigenvalue weighted by molar-refractivity contribution is -0.143. The number of imidazole rings is 1. The molecule has 0 N–H and O–H groups in total. The van der Waals surface area contributed by atoms with Crippen molar-refractivity contribution in [3.63, 3.8) is 0 Å². The van der Waals surface area contributed by atoms with Crippen LogP contribution in [-0.4, -0.2) is 47.4 Å². The van der Waals surface area contributed by atoms with Crippen molar-refractivity contribution in [1.29, 1.82) is 0 Å². The standard InChI is InChI=1S/C34H44FN3O3Si/c1-23-21-37(22-36-23)29-16-9-24(18-31(29)40-6)17-26-12-15-28-19-34(5,41-42(7,8)33(2,3)4)20-30(38(28)32(26)39)25-10-13-27(35)14-11-25/h9-11,13-14,16-18,21-22,28,30H,12,15,19-20H2,1-8H3/b26-17+. The summed E-state index contributed by atoms with van der Waals surface area (Å²) in [7, 11) is -0.419. The predicted molar refractivity (Wildman–Crippen MR) is 168 cm³/mol. The minimum atomic E-state index is -2.07. The fourth-order valence-electron chi connectivity index (χ4n) is 6.29. The Kier molecular flexibility index (Phi) is 8.00. The molecule has 0 spiro atoms. The van der Waals surface area contributed by atoms with Crippen molar-refractivity contribution in [2.75, 3.05) is 7.11 Å². The van der Waals surface area contributed by atoms with Gasteiger partial charge in [-0.1, -0.05) is 39.0 Å². The summed E-state index contributed by atoms with van der Waals surface area (Å²) < 4.78 is 28.7. The molecule has 6 nitrogen and oxygen atoms in total. The van der Waals surface area contributed by atoms with Crippen LogP contribution in [0.2, 0.25) is 18.1 Å². The number of piperidine rings is 2. The first-order chi connectivity index (χ1) is 19.7. The number of hydrogen-bond donors (Lipinski definition) is 0. The Hall–Kier alpha value is -3.23. The highest BCUT2D eigenvalue weighted by molar-refractivity contribution is 6.74. The number of fused-ring (bicyclic) bond motifs is 1. The zero-order chi connectivity index (χ0) is 30.4. The van der Waals surface area contributed by atoms with Gasteiger partial charge in [-0.15, -0.1) is 0 Å². The van der Waals surface area contributed by atoms with Crippen molar-refractivity contribution >= 4 is 20.3 Å². The number of carbonyl (C=O) groups excluding carboxylic acids is 1. The minimum Gasteiger partial charge on any atom is -0.495 e. The lowest BCUT2D eigenvalue weighted by Gasteiger charge is -2.55. The van der Waals surface area contributed by atoms with Gasteiger partial charge in [-0.05, 0) is 99.1 Å². The van der Waals surface area contributed by atoms with Crippen molar-refractivity contribution in [3.8, 4) is 11.4 Å². The Morgan fingerprint density at radius 2 is 1.83 bits per heavy atom. The van der Waals surface area contributed by atoms with Gasteiger partial charge in [0.15, 0.2) is 8.32 Å². The lowest BCUT2D eigenvalue weighted by atomic mass is 9.76. The smallest absolute Gasteiger partial charge is 0.250 e. The van der Waals surface area contributed by atoms with E-state index < -0.39 is 8.32 Å². The van der Waals surface area contributed by atoms with Crippen LogP contribution in [0.1, 0.15) is 76.2 Å². The van der Waals surface area contributed by atoms with Gasteiger partial charge >= 0.3 is 0 Å². The topological polar surface area (TPSA) is 56.6 Å². The number of halogens is 1. The summed E-state index contributed by atoms with van der Waals surface area (Å²) in [6, 6.07) is 12.5. The second-order valence-electron chi connectivity index (χ2n) is 13.7. The number of aromatic nitrogens is 2. The Balaban J connectivity index is 1.47. The van der Waals surface area contributed by atoms with Gasteiger partial charge in [0.1, 0.15) is 11.6 Å².